The quantitative estimate of drug-likeness (QED) is 0.681. The predicted molar refractivity (Wildman–Crippen MR) is 96.4 cm³/mol. The molecule has 1 heteroatoms. The van der Waals surface area contributed by atoms with E-state index < -0.39 is 0 Å². The highest BCUT2D eigenvalue weighted by atomic mass is 15.4. The van der Waals surface area contributed by atoms with Gasteiger partial charge in [0.1, 0.15) is 0 Å². The molecule has 4 rings (SSSR count). The fraction of sp³-hybridized carbons (Fsp3) is 0.455. The van der Waals surface area contributed by atoms with Crippen LogP contribution in [0, 0.1) is 5.92 Å². The molecule has 2 aliphatic rings. The molecule has 1 saturated heterocycles. The first kappa shape index (κ1) is 15.0. The minimum Gasteiger partial charge on any atom is -0.283 e. The van der Waals surface area contributed by atoms with E-state index in [1.54, 1.807) is 0 Å². The van der Waals surface area contributed by atoms with Crippen LogP contribution >= 0.6 is 0 Å². The maximum Gasteiger partial charge on any atom is 0.0608 e. The number of nitrogens with zero attached hydrogens (tertiary/aromatic N) is 1. The van der Waals surface area contributed by atoms with Gasteiger partial charge in [-0.3, -0.25) is 4.90 Å². The lowest BCUT2D eigenvalue weighted by Crippen LogP contribution is -2.20. The first-order valence-electron chi connectivity index (χ1n) is 9.23. The maximum atomic E-state index is 2.76. The summed E-state index contributed by atoms with van der Waals surface area (Å²) >= 11 is 0. The zero-order chi connectivity index (χ0) is 15.6. The van der Waals surface area contributed by atoms with Gasteiger partial charge in [-0.05, 0) is 36.8 Å². The van der Waals surface area contributed by atoms with Crippen LogP contribution in [-0.2, 0) is 0 Å². The Kier molecular flexibility index (Phi) is 4.22. The Morgan fingerprint density at radius 1 is 0.783 bits per heavy atom. The van der Waals surface area contributed by atoms with E-state index in [4.69, 9.17) is 0 Å². The summed E-state index contributed by atoms with van der Waals surface area (Å²) in [6.45, 7) is 2.43. The summed E-state index contributed by atoms with van der Waals surface area (Å²) in [7, 11) is 0. The van der Waals surface area contributed by atoms with Crippen LogP contribution in [0.2, 0.25) is 0 Å². The summed E-state index contributed by atoms with van der Waals surface area (Å²) in [5.41, 5.74) is 2.87. The molecule has 1 aliphatic heterocycles. The summed E-state index contributed by atoms with van der Waals surface area (Å²) in [5.74, 6) is 0.911. The standard InChI is InChI=1S/C22H27N/c1-17-21(18-11-5-2-6-12-18)23(17)22(19-13-7-3-8-14-19)20-15-9-4-10-16-20/h3-4,7-10,13-18,21-22H,2,5-6,11-12H2,1H3. The zero-order valence-electron chi connectivity index (χ0n) is 14.1. The molecular weight excluding hydrogens is 278 g/mol. The van der Waals surface area contributed by atoms with Crippen molar-refractivity contribution in [1.29, 1.82) is 0 Å². The van der Waals surface area contributed by atoms with Gasteiger partial charge in [-0.15, -0.1) is 0 Å². The van der Waals surface area contributed by atoms with Crippen molar-refractivity contribution in [3.63, 3.8) is 0 Å². The lowest BCUT2D eigenvalue weighted by Gasteiger charge is -2.25. The van der Waals surface area contributed by atoms with Crippen molar-refractivity contribution >= 4 is 0 Å². The summed E-state index contributed by atoms with van der Waals surface area (Å²) in [6.07, 6.45) is 7.17. The molecule has 120 valence electrons. The van der Waals surface area contributed by atoms with Crippen molar-refractivity contribution in [2.75, 3.05) is 0 Å². The van der Waals surface area contributed by atoms with Crippen molar-refractivity contribution in [2.45, 2.75) is 57.2 Å². The number of hydrogen-bond donors (Lipinski definition) is 0. The second kappa shape index (κ2) is 6.49. The molecule has 3 atom stereocenters. The lowest BCUT2D eigenvalue weighted by atomic mass is 9.85. The minimum atomic E-state index is 0.416. The fourth-order valence-electron chi connectivity index (χ4n) is 4.72. The van der Waals surface area contributed by atoms with E-state index >= 15 is 0 Å². The van der Waals surface area contributed by atoms with E-state index in [0.29, 0.717) is 12.1 Å². The van der Waals surface area contributed by atoms with Gasteiger partial charge in [-0.1, -0.05) is 79.9 Å². The Morgan fingerprint density at radius 2 is 1.30 bits per heavy atom. The smallest absolute Gasteiger partial charge is 0.0608 e. The average Bonchev–Trinajstić information content (AvgIpc) is 3.28. The number of benzene rings is 2. The molecule has 1 saturated carbocycles. The second-order valence-electron chi connectivity index (χ2n) is 7.30. The van der Waals surface area contributed by atoms with Crippen LogP contribution in [0.15, 0.2) is 60.7 Å². The van der Waals surface area contributed by atoms with Crippen molar-refractivity contribution in [3.05, 3.63) is 71.8 Å². The molecule has 2 fully saturated rings. The lowest BCUT2D eigenvalue weighted by molar-refractivity contribution is 0.294. The Bertz CT molecular complexity index is 575. The topological polar surface area (TPSA) is 3.01 Å². The molecule has 0 radical (unpaired) electrons. The van der Waals surface area contributed by atoms with Gasteiger partial charge in [-0.25, -0.2) is 0 Å². The highest BCUT2D eigenvalue weighted by molar-refractivity contribution is 5.34. The second-order valence-corrected chi connectivity index (χ2v) is 7.30. The van der Waals surface area contributed by atoms with Crippen LogP contribution < -0.4 is 0 Å². The zero-order valence-corrected chi connectivity index (χ0v) is 14.1. The van der Waals surface area contributed by atoms with E-state index in [-0.39, 0.29) is 0 Å². The molecular formula is C22H27N. The summed E-state index contributed by atoms with van der Waals surface area (Å²) in [6, 6.07) is 24.0. The SMILES string of the molecule is CC1C(C2CCCCC2)N1C(c1ccccc1)c1ccccc1. The van der Waals surface area contributed by atoms with E-state index in [9.17, 15) is 0 Å². The highest BCUT2D eigenvalue weighted by Gasteiger charge is 2.52. The first-order valence-corrected chi connectivity index (χ1v) is 9.23. The molecule has 1 heterocycles. The van der Waals surface area contributed by atoms with E-state index in [2.05, 4.69) is 72.5 Å². The third-order valence-electron chi connectivity index (χ3n) is 5.88. The largest absolute Gasteiger partial charge is 0.283 e. The predicted octanol–water partition coefficient (Wildman–Crippen LogP) is 5.43. The highest BCUT2D eigenvalue weighted by Crippen LogP contribution is 2.48. The Balaban J connectivity index is 1.64. The summed E-state index contributed by atoms with van der Waals surface area (Å²) < 4.78 is 0. The summed E-state index contributed by atoms with van der Waals surface area (Å²) in [5, 5.41) is 0. The molecule has 0 bridgehead atoms. The van der Waals surface area contributed by atoms with Gasteiger partial charge in [-0.2, -0.15) is 0 Å². The first-order chi connectivity index (χ1) is 11.4. The Labute approximate surface area is 140 Å². The van der Waals surface area contributed by atoms with Gasteiger partial charge in [0.25, 0.3) is 0 Å². The van der Waals surface area contributed by atoms with Crippen LogP contribution in [0.4, 0.5) is 0 Å². The maximum absolute atomic E-state index is 2.76. The van der Waals surface area contributed by atoms with Crippen LogP contribution in [-0.4, -0.2) is 17.0 Å². The van der Waals surface area contributed by atoms with Gasteiger partial charge < -0.3 is 0 Å². The molecule has 0 aromatic heterocycles. The van der Waals surface area contributed by atoms with Crippen molar-refractivity contribution < 1.29 is 0 Å². The van der Waals surface area contributed by atoms with Crippen LogP contribution in [0.3, 0.4) is 0 Å². The molecule has 3 unspecified atom stereocenters. The van der Waals surface area contributed by atoms with Crippen LogP contribution in [0.25, 0.3) is 0 Å². The normalized spacial score (nSPS) is 28.0. The van der Waals surface area contributed by atoms with Crippen LogP contribution in [0.5, 0.6) is 0 Å². The third kappa shape index (κ3) is 2.95. The van der Waals surface area contributed by atoms with Crippen molar-refractivity contribution in [1.82, 2.24) is 4.90 Å². The Morgan fingerprint density at radius 3 is 1.83 bits per heavy atom. The van der Waals surface area contributed by atoms with E-state index in [1.807, 2.05) is 0 Å². The monoisotopic (exact) mass is 305 g/mol. The van der Waals surface area contributed by atoms with Gasteiger partial charge in [0.2, 0.25) is 0 Å². The molecule has 2 aromatic rings. The average molecular weight is 305 g/mol. The number of rotatable bonds is 4. The van der Waals surface area contributed by atoms with Gasteiger partial charge in [0.05, 0.1) is 6.04 Å². The van der Waals surface area contributed by atoms with Gasteiger partial charge in [0, 0.05) is 12.1 Å². The van der Waals surface area contributed by atoms with Crippen LogP contribution in [0.1, 0.15) is 56.2 Å². The molecule has 1 aliphatic carbocycles. The third-order valence-corrected chi connectivity index (χ3v) is 5.88. The molecule has 0 N–H and O–H groups in total. The Hall–Kier alpha value is -1.60. The van der Waals surface area contributed by atoms with Gasteiger partial charge >= 0.3 is 0 Å². The molecule has 0 spiro atoms. The van der Waals surface area contributed by atoms with E-state index in [1.165, 1.54) is 43.2 Å². The summed E-state index contributed by atoms with van der Waals surface area (Å²) in [4.78, 5) is 2.76. The minimum absolute atomic E-state index is 0.416. The number of hydrogen-bond acceptors (Lipinski definition) is 1. The van der Waals surface area contributed by atoms with Crippen molar-refractivity contribution in [3.8, 4) is 0 Å². The molecule has 23 heavy (non-hydrogen) atoms. The van der Waals surface area contributed by atoms with Gasteiger partial charge in [0.15, 0.2) is 0 Å². The molecule has 0 amide bonds. The van der Waals surface area contributed by atoms with Crippen molar-refractivity contribution in [2.24, 2.45) is 5.92 Å². The van der Waals surface area contributed by atoms with E-state index in [0.717, 1.165) is 12.0 Å². The molecule has 1 nitrogen and oxygen atoms in total. The molecule has 2 aromatic carbocycles. The fourth-order valence-corrected chi connectivity index (χ4v) is 4.72.